The number of guanidine groups is 4. The number of nitrogens with zero attached hydrogens (tertiary/aromatic N) is 2. The van der Waals surface area contributed by atoms with E-state index in [1.807, 2.05) is 30.3 Å². The van der Waals surface area contributed by atoms with Crippen LogP contribution in [-0.2, 0) is 94.3 Å². The number of aliphatic hydroxyl groups is 1. The molecular formula is C96H142N28O20S2. The number of carbonyl (C=O) groups is 17. The Bertz CT molecular complexity index is 5190. The number of carbonyl (C=O) groups excluding carboxylic acids is 16. The van der Waals surface area contributed by atoms with Gasteiger partial charge in [0.1, 0.15) is 96.4 Å². The van der Waals surface area contributed by atoms with Gasteiger partial charge in [-0.15, -0.1) is 0 Å². The fourth-order valence-corrected chi connectivity index (χ4v) is 19.2. The van der Waals surface area contributed by atoms with Crippen LogP contribution in [0.25, 0.3) is 11.1 Å². The van der Waals surface area contributed by atoms with Crippen LogP contribution in [0.1, 0.15) is 161 Å². The first-order chi connectivity index (χ1) is 69.4. The van der Waals surface area contributed by atoms with Gasteiger partial charge >= 0.3 is 5.97 Å². The summed E-state index contributed by atoms with van der Waals surface area (Å²) in [6, 6.07) is 5.33. The number of phenols is 1. The van der Waals surface area contributed by atoms with E-state index >= 15 is 52.7 Å². The van der Waals surface area contributed by atoms with Crippen LogP contribution in [0.3, 0.4) is 0 Å². The van der Waals surface area contributed by atoms with Crippen molar-refractivity contribution in [1.29, 1.82) is 21.6 Å². The average Bonchev–Trinajstić information content (AvgIpc) is 1.63. The van der Waals surface area contributed by atoms with E-state index in [0.717, 1.165) is 44.5 Å². The van der Waals surface area contributed by atoms with Gasteiger partial charge in [-0.05, 0) is 135 Å². The molecule has 3 aliphatic rings. The van der Waals surface area contributed by atoms with Crippen LogP contribution in [0, 0.1) is 39.4 Å². The number of aliphatic carboxylic acids is 1. The second-order valence-electron chi connectivity index (χ2n) is 36.9. The van der Waals surface area contributed by atoms with Crippen LogP contribution in [0.15, 0.2) is 109 Å². The smallest absolute Gasteiger partial charge is 0.305 e. The summed E-state index contributed by atoms with van der Waals surface area (Å²) in [5, 5.41) is 108. The zero-order valence-electron chi connectivity index (χ0n) is 82.9. The maximum atomic E-state index is 16.5. The number of carboxylic acids is 1. The molecule has 3 saturated heterocycles. The molecule has 0 unspecified atom stereocenters. The number of benzene rings is 4. The predicted octanol–water partition coefficient (Wildman–Crippen LogP) is -3.31. The summed E-state index contributed by atoms with van der Waals surface area (Å²) in [5.41, 5.74) is 31.0. The molecule has 0 spiro atoms. The number of fused-ring (bicyclic) bond motifs is 2. The average molecular weight is 2070 g/mol. The van der Waals surface area contributed by atoms with Crippen LogP contribution in [0.4, 0.5) is 0 Å². The number of aliphatic hydroxyl groups excluding tert-OH is 1. The standard InChI is InChI=1S/C96H142N28O20S2/c1-8-53(6)76-89(141)118-70(48-125)85(137)115-67(46-56-31-35-60(127)36-32-56)83(135)117-69(47-74(128)129)91(143)123-42-19-28-73(123)87(139)121-75(52(4)5)88(140)119-71(86(138)113-64(26-17-40-108-95(102)103)80(132)111-62(78(97)130)24-15-38-106-93(98)99)49-145-146-50-72(120-81(133)65(27-18-41-109-96(104)105)112-79(131)63(110-54(7)126)25-16-39-107-94(100)101)92(144)124-43-37-61(59-22-13-10-14-23-59)77(124)90(142)116-66(44-51(2)3)82(134)114-68(84(136)122-76)45-55-29-33-58(34-30-55)57-20-11-9-12-21-57/h9-14,20-23,29-36,51-53,61-73,75-77,125,127H,8,15-19,24-28,37-50H2,1-7H3,(H2,97,130)(H,110,126)(H,111,132)(H,112,131)(H,113,138)(H,114,134)(H,115,137)(H,116,142)(H,117,135)(H,118,141)(H,119,140)(H,120,133)(H,121,139)(H,122,136)(H,128,129)(H4,98,99,106)(H4,100,101,107)(H4,102,103,108)(H4,104,105,109)/t53-,61+,62-,63-,64-,65-,66-,67-,68-,69-,70-,71-,72-,73-,75-,76-,77-/m0/s1. The Morgan fingerprint density at radius 3 is 1.43 bits per heavy atom. The Kier molecular flexibility index (Phi) is 48.3. The highest BCUT2D eigenvalue weighted by Gasteiger charge is 2.48. The molecule has 16 amide bonds. The first kappa shape index (κ1) is 118. The SMILES string of the molecule is CC[C@H](C)[C@@H]1NC(=O)[C@H](Cc2ccc(-c3ccccc3)cc2)NC(=O)[C@H](CC(C)C)NC(=O)[C@@H]2[C@@H](c3ccccc3)CCN2C(=O)[C@@H](NC(=O)[C@H](CCCNC(=N)N)NC(=O)[C@H](CCCNC(=N)N)NC(C)=O)CSSC[C@@H](C(=O)N[C@@H](CCCNC(=N)N)C(=O)N[C@@H](CCCNC(=N)N)C(N)=O)NC(=O)[C@H](C(C)C)NC(=O)[C@@H]2CCCN2C(=O)[C@H](CC(=O)O)NC(=O)[C@H](Cc2ccc(O)cc2)NC(=O)[C@H](CO)NC1=O. The number of phenolic OH excluding ortho intramolecular Hbond substituents is 1. The van der Waals surface area contributed by atoms with Crippen molar-refractivity contribution in [2.24, 2.45) is 46.4 Å². The van der Waals surface area contributed by atoms with Gasteiger partial charge in [-0.3, -0.25) is 103 Å². The molecule has 50 heteroatoms. The molecule has 7 rings (SSSR count). The Morgan fingerprint density at radius 1 is 0.473 bits per heavy atom. The maximum Gasteiger partial charge on any atom is 0.305 e. The van der Waals surface area contributed by atoms with E-state index in [0.29, 0.717) is 11.1 Å². The quantitative estimate of drug-likeness (QED) is 0.00897. The number of carboxylic acid groups (broad SMARTS) is 1. The van der Waals surface area contributed by atoms with Crippen molar-refractivity contribution in [1.82, 2.24) is 100 Å². The molecule has 146 heavy (non-hydrogen) atoms. The Morgan fingerprint density at radius 2 is 0.925 bits per heavy atom. The van der Waals surface area contributed by atoms with Gasteiger partial charge < -0.3 is 144 Å². The molecule has 0 radical (unpaired) electrons. The highest BCUT2D eigenvalue weighted by Crippen LogP contribution is 2.36. The van der Waals surface area contributed by atoms with Gasteiger partial charge in [0, 0.05) is 76.5 Å². The number of hydrogen-bond acceptors (Lipinski definition) is 25. The first-order valence-corrected chi connectivity index (χ1v) is 51.0. The van der Waals surface area contributed by atoms with E-state index in [-0.39, 0.29) is 146 Å². The molecule has 798 valence electrons. The molecule has 3 fully saturated rings. The Balaban J connectivity index is 1.44. The third kappa shape index (κ3) is 38.5. The summed E-state index contributed by atoms with van der Waals surface area (Å²) in [6.07, 6.45) is -2.25. The van der Waals surface area contributed by atoms with Crippen molar-refractivity contribution < 1.29 is 96.8 Å². The third-order valence-corrected chi connectivity index (χ3v) is 27.1. The number of primary amides is 1. The summed E-state index contributed by atoms with van der Waals surface area (Å²) >= 11 is 0. The second-order valence-corrected chi connectivity index (χ2v) is 39.4. The molecule has 4 aromatic rings. The van der Waals surface area contributed by atoms with Crippen molar-refractivity contribution in [3.8, 4) is 16.9 Å². The number of nitrogens with one attached hydrogen (secondary N) is 21. The molecular weight excluding hydrogens is 1930 g/mol. The molecule has 34 N–H and O–H groups in total. The minimum atomic E-state index is -2.03. The molecule has 3 heterocycles. The lowest BCUT2D eigenvalue weighted by atomic mass is 9.90. The van der Waals surface area contributed by atoms with Crippen molar-refractivity contribution >= 4 is 146 Å². The van der Waals surface area contributed by atoms with E-state index in [4.69, 9.17) is 50.3 Å². The van der Waals surface area contributed by atoms with Crippen molar-refractivity contribution in [3.05, 3.63) is 126 Å². The minimum absolute atomic E-state index is 0.00297. The van der Waals surface area contributed by atoms with Crippen molar-refractivity contribution in [2.45, 2.75) is 248 Å². The van der Waals surface area contributed by atoms with Gasteiger partial charge in [0.25, 0.3) is 0 Å². The van der Waals surface area contributed by atoms with E-state index in [1.54, 1.807) is 82.3 Å². The summed E-state index contributed by atoms with van der Waals surface area (Å²) in [6.45, 7) is 9.37. The number of hydrogen-bond donors (Lipinski definition) is 29. The lowest BCUT2D eigenvalue weighted by Crippen LogP contribution is -2.62. The van der Waals surface area contributed by atoms with E-state index in [1.165, 1.54) is 43.0 Å². The molecule has 0 aliphatic carbocycles. The van der Waals surface area contributed by atoms with Crippen LogP contribution in [0.5, 0.6) is 5.75 Å². The van der Waals surface area contributed by atoms with Crippen molar-refractivity contribution in [2.75, 3.05) is 57.4 Å². The van der Waals surface area contributed by atoms with E-state index < -0.39 is 264 Å². The monoisotopic (exact) mass is 2070 g/mol. The third-order valence-electron chi connectivity index (χ3n) is 24.7. The van der Waals surface area contributed by atoms with Gasteiger partial charge in [0.05, 0.1) is 13.0 Å². The van der Waals surface area contributed by atoms with Crippen molar-refractivity contribution in [3.63, 3.8) is 0 Å². The zero-order chi connectivity index (χ0) is 108. The van der Waals surface area contributed by atoms with Gasteiger partial charge in [-0.25, -0.2) is 0 Å². The van der Waals surface area contributed by atoms with Crippen LogP contribution >= 0.6 is 21.6 Å². The lowest BCUT2D eigenvalue weighted by molar-refractivity contribution is -0.146. The topological polar surface area (TPSA) is 787 Å². The molecule has 17 atom stereocenters. The highest BCUT2D eigenvalue weighted by atomic mass is 33.1. The minimum Gasteiger partial charge on any atom is -0.508 e. The lowest BCUT2D eigenvalue weighted by Gasteiger charge is -2.33. The predicted molar refractivity (Wildman–Crippen MR) is 546 cm³/mol. The normalized spacial score (nSPS) is 22.0. The first-order valence-electron chi connectivity index (χ1n) is 48.5. The molecule has 3 aliphatic heterocycles. The van der Waals surface area contributed by atoms with Crippen LogP contribution < -0.4 is 119 Å². The zero-order valence-corrected chi connectivity index (χ0v) is 84.6. The number of aromatic hydroxyl groups is 1. The molecule has 0 aromatic heterocycles. The molecule has 48 nitrogen and oxygen atoms in total. The van der Waals surface area contributed by atoms with Gasteiger partial charge in [-0.1, -0.05) is 167 Å². The highest BCUT2D eigenvalue weighted by molar-refractivity contribution is 8.76. The van der Waals surface area contributed by atoms with Gasteiger partial charge in [0.2, 0.25) is 94.5 Å². The summed E-state index contributed by atoms with van der Waals surface area (Å²) in [7, 11) is 1.61. The molecule has 0 bridgehead atoms. The van der Waals surface area contributed by atoms with Crippen LogP contribution in [-0.4, -0.2) is 297 Å². The Hall–Kier alpha value is -14.6. The van der Waals surface area contributed by atoms with Gasteiger partial charge in [-0.2, -0.15) is 0 Å². The maximum absolute atomic E-state index is 16.5. The summed E-state index contributed by atoms with van der Waals surface area (Å²) < 4.78 is 0. The Labute approximate surface area is 854 Å². The number of rotatable bonds is 40. The largest absolute Gasteiger partial charge is 0.508 e. The fraction of sp³-hybridized carbons (Fsp3) is 0.531. The van der Waals surface area contributed by atoms with E-state index in [9.17, 15) is 44.1 Å². The second kappa shape index (κ2) is 59.6. The van der Waals surface area contributed by atoms with Gasteiger partial charge in [0.15, 0.2) is 23.8 Å². The summed E-state index contributed by atoms with van der Waals surface area (Å²) in [5.74, 6) is -23.8. The van der Waals surface area contributed by atoms with E-state index in [2.05, 4.69) is 90.4 Å². The number of nitrogens with two attached hydrogens (primary N) is 5. The molecule has 4 aromatic carbocycles. The van der Waals surface area contributed by atoms with Crippen LogP contribution in [0.2, 0.25) is 0 Å². The number of amides is 16. The molecule has 0 saturated carbocycles. The summed E-state index contributed by atoms with van der Waals surface area (Å²) in [4.78, 5) is 256. The fourth-order valence-electron chi connectivity index (χ4n) is 16.8.